The highest BCUT2D eigenvalue weighted by molar-refractivity contribution is 7.14. The maximum absolute atomic E-state index is 12.0. The Morgan fingerprint density at radius 3 is 3.11 bits per heavy atom. The van der Waals surface area contributed by atoms with Crippen molar-refractivity contribution in [2.24, 2.45) is 5.92 Å². The summed E-state index contributed by atoms with van der Waals surface area (Å²) in [6, 6.07) is 2.07. The van der Waals surface area contributed by atoms with Crippen LogP contribution in [0.1, 0.15) is 53.2 Å². The van der Waals surface area contributed by atoms with Gasteiger partial charge in [-0.15, -0.1) is 11.3 Å². The second kappa shape index (κ2) is 6.53. The zero-order valence-electron chi connectivity index (χ0n) is 11.7. The van der Waals surface area contributed by atoms with Crippen LogP contribution in [0.2, 0.25) is 0 Å². The van der Waals surface area contributed by atoms with Crippen LogP contribution in [0.3, 0.4) is 0 Å². The molecule has 1 aromatic rings. The fourth-order valence-electron chi connectivity index (χ4n) is 2.54. The summed E-state index contributed by atoms with van der Waals surface area (Å²) in [7, 11) is 0. The molecule has 1 aliphatic rings. The van der Waals surface area contributed by atoms with E-state index in [0.29, 0.717) is 13.0 Å². The van der Waals surface area contributed by atoms with Crippen LogP contribution in [-0.4, -0.2) is 23.7 Å². The van der Waals surface area contributed by atoms with E-state index in [-0.39, 0.29) is 12.0 Å². The molecule has 2 rings (SSSR count). The van der Waals surface area contributed by atoms with Gasteiger partial charge in [-0.2, -0.15) is 0 Å². The van der Waals surface area contributed by atoms with E-state index in [9.17, 15) is 9.90 Å². The third-order valence-corrected chi connectivity index (χ3v) is 5.07. The highest BCUT2D eigenvalue weighted by Gasteiger charge is 2.21. The first-order chi connectivity index (χ1) is 9.10. The highest BCUT2D eigenvalue weighted by Crippen LogP contribution is 2.33. The van der Waals surface area contributed by atoms with Crippen LogP contribution in [0.4, 0.5) is 0 Å². The molecular weight excluding hydrogens is 258 g/mol. The van der Waals surface area contributed by atoms with Crippen molar-refractivity contribution in [3.8, 4) is 0 Å². The smallest absolute Gasteiger partial charge is 0.261 e. The van der Waals surface area contributed by atoms with E-state index >= 15 is 0 Å². The molecule has 0 spiro atoms. The molecule has 0 aliphatic heterocycles. The predicted octanol–water partition coefficient (Wildman–Crippen LogP) is 2.76. The molecule has 4 heteroatoms. The monoisotopic (exact) mass is 281 g/mol. The lowest BCUT2D eigenvalue weighted by atomic mass is 9.87. The van der Waals surface area contributed by atoms with Crippen molar-refractivity contribution in [1.82, 2.24) is 5.32 Å². The molecule has 0 aromatic carbocycles. The Labute approximate surface area is 119 Å². The Bertz CT molecular complexity index is 439. The van der Waals surface area contributed by atoms with Gasteiger partial charge in [0.15, 0.2) is 0 Å². The Hall–Kier alpha value is -0.870. The summed E-state index contributed by atoms with van der Waals surface area (Å²) in [6.07, 6.45) is 4.98. The van der Waals surface area contributed by atoms with Gasteiger partial charge in [-0.3, -0.25) is 4.79 Å². The summed E-state index contributed by atoms with van der Waals surface area (Å²) in [5.41, 5.74) is 1.38. The van der Waals surface area contributed by atoms with Crippen LogP contribution in [0, 0.1) is 5.92 Å². The summed E-state index contributed by atoms with van der Waals surface area (Å²) >= 11 is 1.64. The molecule has 1 aromatic heterocycles. The van der Waals surface area contributed by atoms with E-state index in [1.165, 1.54) is 23.3 Å². The average Bonchev–Trinajstić information content (AvgIpc) is 2.80. The molecule has 1 aliphatic carbocycles. The van der Waals surface area contributed by atoms with Crippen molar-refractivity contribution in [3.63, 3.8) is 0 Å². The largest absolute Gasteiger partial charge is 0.393 e. The van der Waals surface area contributed by atoms with Crippen LogP contribution in [0.5, 0.6) is 0 Å². The zero-order chi connectivity index (χ0) is 13.8. The van der Waals surface area contributed by atoms with Crippen molar-refractivity contribution in [3.05, 3.63) is 21.4 Å². The summed E-state index contributed by atoms with van der Waals surface area (Å²) < 4.78 is 0. The third-order valence-electron chi connectivity index (χ3n) is 3.83. The van der Waals surface area contributed by atoms with Gasteiger partial charge in [0.2, 0.25) is 0 Å². The molecular formula is C15H23NO2S. The summed E-state index contributed by atoms with van der Waals surface area (Å²) in [5.74, 6) is 0.793. The Morgan fingerprint density at radius 2 is 2.42 bits per heavy atom. The standard InChI is InChI=1S/C15H23NO2S/c1-3-11-4-5-13-12(8-11)9-14(19-13)15(18)16-7-6-10(2)17/h9-11,17H,3-8H2,1-2H3,(H,16,18). The molecule has 0 radical (unpaired) electrons. The first kappa shape index (κ1) is 14.5. The van der Waals surface area contributed by atoms with E-state index in [1.54, 1.807) is 18.3 Å². The van der Waals surface area contributed by atoms with Crippen molar-refractivity contribution in [2.75, 3.05) is 6.54 Å². The van der Waals surface area contributed by atoms with Gasteiger partial charge in [0.1, 0.15) is 0 Å². The maximum Gasteiger partial charge on any atom is 0.261 e. The first-order valence-corrected chi connectivity index (χ1v) is 7.99. The van der Waals surface area contributed by atoms with E-state index in [1.807, 2.05) is 0 Å². The quantitative estimate of drug-likeness (QED) is 0.872. The molecule has 3 nitrogen and oxygen atoms in total. The number of nitrogens with one attached hydrogen (secondary N) is 1. The number of rotatable bonds is 5. The number of amides is 1. The normalized spacial score (nSPS) is 19.8. The Balaban J connectivity index is 1.95. The summed E-state index contributed by atoms with van der Waals surface area (Å²) in [5, 5.41) is 12.1. The number of carbonyl (C=O) groups excluding carboxylic acids is 1. The molecule has 0 bridgehead atoms. The third kappa shape index (κ3) is 3.80. The van der Waals surface area contributed by atoms with Crippen LogP contribution < -0.4 is 5.32 Å². The first-order valence-electron chi connectivity index (χ1n) is 7.18. The van der Waals surface area contributed by atoms with Gasteiger partial charge in [-0.05, 0) is 50.2 Å². The molecule has 2 atom stereocenters. The fourth-order valence-corrected chi connectivity index (χ4v) is 3.67. The minimum Gasteiger partial charge on any atom is -0.393 e. The second-order valence-electron chi connectivity index (χ2n) is 5.47. The minimum absolute atomic E-state index is 0.00750. The van der Waals surface area contributed by atoms with Gasteiger partial charge >= 0.3 is 0 Å². The molecule has 1 amide bonds. The average molecular weight is 281 g/mol. The number of aryl methyl sites for hydroxylation is 1. The van der Waals surface area contributed by atoms with Crippen LogP contribution in [0.15, 0.2) is 6.07 Å². The molecule has 0 saturated heterocycles. The lowest BCUT2D eigenvalue weighted by Crippen LogP contribution is -2.25. The number of carbonyl (C=O) groups is 1. The van der Waals surface area contributed by atoms with Crippen LogP contribution >= 0.6 is 11.3 Å². The topological polar surface area (TPSA) is 49.3 Å². The summed E-state index contributed by atoms with van der Waals surface area (Å²) in [4.78, 5) is 14.2. The van der Waals surface area contributed by atoms with Crippen molar-refractivity contribution in [2.45, 2.75) is 52.1 Å². The lowest BCUT2D eigenvalue weighted by molar-refractivity contribution is 0.0949. The van der Waals surface area contributed by atoms with Gasteiger partial charge in [0.25, 0.3) is 5.91 Å². The van der Waals surface area contributed by atoms with Crippen LogP contribution in [0.25, 0.3) is 0 Å². The number of fused-ring (bicyclic) bond motifs is 1. The highest BCUT2D eigenvalue weighted by atomic mass is 32.1. The SMILES string of the molecule is CCC1CCc2sc(C(=O)NCCC(C)O)cc2C1. The van der Waals surface area contributed by atoms with Crippen LogP contribution in [-0.2, 0) is 12.8 Å². The number of hydrogen-bond donors (Lipinski definition) is 2. The molecule has 0 fully saturated rings. The molecule has 2 unspecified atom stereocenters. The van der Waals surface area contributed by atoms with E-state index in [0.717, 1.165) is 23.6 Å². The van der Waals surface area contributed by atoms with Gasteiger partial charge in [0.05, 0.1) is 11.0 Å². The lowest BCUT2D eigenvalue weighted by Gasteiger charge is -2.19. The summed E-state index contributed by atoms with van der Waals surface area (Å²) in [6.45, 7) is 4.52. The van der Waals surface area contributed by atoms with Gasteiger partial charge in [-0.1, -0.05) is 13.3 Å². The predicted molar refractivity (Wildman–Crippen MR) is 78.8 cm³/mol. The Morgan fingerprint density at radius 1 is 1.63 bits per heavy atom. The minimum atomic E-state index is -0.359. The van der Waals surface area contributed by atoms with E-state index in [4.69, 9.17) is 0 Å². The second-order valence-corrected chi connectivity index (χ2v) is 6.61. The van der Waals surface area contributed by atoms with Crippen molar-refractivity contribution in [1.29, 1.82) is 0 Å². The van der Waals surface area contributed by atoms with E-state index in [2.05, 4.69) is 18.3 Å². The molecule has 0 saturated carbocycles. The van der Waals surface area contributed by atoms with E-state index < -0.39 is 0 Å². The van der Waals surface area contributed by atoms with Gasteiger partial charge in [0, 0.05) is 11.4 Å². The number of hydrogen-bond acceptors (Lipinski definition) is 3. The van der Waals surface area contributed by atoms with Crippen molar-refractivity contribution >= 4 is 17.2 Å². The maximum atomic E-state index is 12.0. The fraction of sp³-hybridized carbons (Fsp3) is 0.667. The molecule has 1 heterocycles. The van der Waals surface area contributed by atoms with Gasteiger partial charge in [-0.25, -0.2) is 0 Å². The number of thiophene rings is 1. The molecule has 106 valence electrons. The number of aliphatic hydroxyl groups excluding tert-OH is 1. The van der Waals surface area contributed by atoms with Crippen molar-refractivity contribution < 1.29 is 9.90 Å². The molecule has 2 N–H and O–H groups in total. The zero-order valence-corrected chi connectivity index (χ0v) is 12.6. The van der Waals surface area contributed by atoms with Gasteiger partial charge < -0.3 is 10.4 Å². The number of aliphatic hydroxyl groups is 1. The Kier molecular flexibility index (Phi) is 4.99. The molecule has 19 heavy (non-hydrogen) atoms.